The molecule has 1 aromatic carbocycles. The summed E-state index contributed by atoms with van der Waals surface area (Å²) in [5.74, 6) is 4.82. The Morgan fingerprint density at radius 3 is 2.92 bits per heavy atom. The number of nitrogen functional groups attached to an aromatic ring is 1. The van der Waals surface area contributed by atoms with Gasteiger partial charge in [0, 0.05) is 12.1 Å². The molecule has 1 aromatic rings. The van der Waals surface area contributed by atoms with E-state index in [2.05, 4.69) is 11.8 Å². The highest BCUT2D eigenvalue weighted by molar-refractivity contribution is 5.47. The maximum Gasteiger partial charge on any atom is 0.138 e. The van der Waals surface area contributed by atoms with E-state index in [9.17, 15) is 4.39 Å². The third-order valence-corrected chi connectivity index (χ3v) is 1.45. The quantitative estimate of drug-likeness (QED) is 0.501. The zero-order chi connectivity index (χ0) is 9.68. The first-order valence-electron chi connectivity index (χ1n) is 3.89. The van der Waals surface area contributed by atoms with Crippen LogP contribution in [0, 0.1) is 17.7 Å². The minimum Gasteiger partial charge on any atom is -0.399 e. The van der Waals surface area contributed by atoms with Crippen molar-refractivity contribution in [2.75, 3.05) is 12.3 Å². The number of aliphatic hydroxyl groups is 1. The van der Waals surface area contributed by atoms with Crippen molar-refractivity contribution >= 4 is 5.69 Å². The highest BCUT2D eigenvalue weighted by Gasteiger charge is 1.97. The second kappa shape index (κ2) is 4.48. The molecule has 2 nitrogen and oxygen atoms in total. The van der Waals surface area contributed by atoms with Crippen LogP contribution in [0.4, 0.5) is 10.1 Å². The van der Waals surface area contributed by atoms with E-state index in [1.54, 1.807) is 0 Å². The molecule has 0 unspecified atom stereocenters. The molecule has 68 valence electrons. The van der Waals surface area contributed by atoms with Gasteiger partial charge in [-0.2, -0.15) is 0 Å². The average Bonchev–Trinajstić information content (AvgIpc) is 2.11. The Morgan fingerprint density at radius 2 is 2.23 bits per heavy atom. The number of nitrogens with two attached hydrogens (primary N) is 1. The molecule has 0 saturated carbocycles. The number of aliphatic hydroxyl groups excluding tert-OH is 1. The number of anilines is 1. The predicted octanol–water partition coefficient (Wildman–Crippen LogP) is 1.14. The van der Waals surface area contributed by atoms with E-state index in [4.69, 9.17) is 10.8 Å². The Kier molecular flexibility index (Phi) is 3.30. The van der Waals surface area contributed by atoms with Crippen molar-refractivity contribution < 1.29 is 9.50 Å². The van der Waals surface area contributed by atoms with Crippen molar-refractivity contribution in [3.8, 4) is 11.8 Å². The van der Waals surface area contributed by atoms with Crippen LogP contribution in [-0.4, -0.2) is 11.7 Å². The summed E-state index contributed by atoms with van der Waals surface area (Å²) >= 11 is 0. The van der Waals surface area contributed by atoms with Gasteiger partial charge in [0.2, 0.25) is 0 Å². The lowest BCUT2D eigenvalue weighted by molar-refractivity contribution is 0.305. The van der Waals surface area contributed by atoms with Crippen LogP contribution in [0.2, 0.25) is 0 Å². The Labute approximate surface area is 76.2 Å². The zero-order valence-corrected chi connectivity index (χ0v) is 7.05. The zero-order valence-electron chi connectivity index (χ0n) is 7.05. The summed E-state index contributed by atoms with van der Waals surface area (Å²) in [4.78, 5) is 0. The van der Waals surface area contributed by atoms with E-state index >= 15 is 0 Å². The Hall–Kier alpha value is -1.53. The summed E-state index contributed by atoms with van der Waals surface area (Å²) in [6.07, 6.45) is 0.342. The molecule has 1 rings (SSSR count). The van der Waals surface area contributed by atoms with Gasteiger partial charge >= 0.3 is 0 Å². The van der Waals surface area contributed by atoms with Gasteiger partial charge in [-0.1, -0.05) is 11.8 Å². The molecule has 0 radical (unpaired) electrons. The van der Waals surface area contributed by atoms with Crippen LogP contribution in [0.1, 0.15) is 12.0 Å². The van der Waals surface area contributed by atoms with Gasteiger partial charge in [0.25, 0.3) is 0 Å². The van der Waals surface area contributed by atoms with Crippen LogP contribution < -0.4 is 5.73 Å². The number of benzene rings is 1. The monoisotopic (exact) mass is 179 g/mol. The topological polar surface area (TPSA) is 46.2 Å². The van der Waals surface area contributed by atoms with Crippen molar-refractivity contribution in [3.63, 3.8) is 0 Å². The molecule has 0 spiro atoms. The van der Waals surface area contributed by atoms with Crippen molar-refractivity contribution in [1.29, 1.82) is 0 Å². The fraction of sp³-hybridized carbons (Fsp3) is 0.200. The average molecular weight is 179 g/mol. The summed E-state index contributed by atoms with van der Waals surface area (Å²) in [5.41, 5.74) is 6.20. The van der Waals surface area contributed by atoms with Gasteiger partial charge in [0.15, 0.2) is 0 Å². The molecule has 0 bridgehead atoms. The Balaban J connectivity index is 2.89. The van der Waals surface area contributed by atoms with E-state index in [0.717, 1.165) is 0 Å². The van der Waals surface area contributed by atoms with E-state index in [1.165, 1.54) is 18.2 Å². The number of hydrogen-bond donors (Lipinski definition) is 2. The number of halogens is 1. The molecule has 0 aliphatic carbocycles. The van der Waals surface area contributed by atoms with Crippen LogP contribution >= 0.6 is 0 Å². The molecular formula is C10H10FNO. The summed E-state index contributed by atoms with van der Waals surface area (Å²) in [7, 11) is 0. The molecule has 0 heterocycles. The van der Waals surface area contributed by atoms with Gasteiger partial charge in [-0.05, 0) is 18.2 Å². The van der Waals surface area contributed by atoms with Crippen LogP contribution in [0.15, 0.2) is 18.2 Å². The SMILES string of the molecule is Nc1ccc(F)c(C#CCCO)c1. The minimum atomic E-state index is -0.389. The summed E-state index contributed by atoms with van der Waals surface area (Å²) in [5, 5.41) is 8.45. The second-order valence-electron chi connectivity index (χ2n) is 2.51. The molecule has 0 aliphatic heterocycles. The normalized spacial score (nSPS) is 9.08. The van der Waals surface area contributed by atoms with Gasteiger partial charge in [0.1, 0.15) is 5.82 Å². The third kappa shape index (κ3) is 2.77. The van der Waals surface area contributed by atoms with Crippen molar-refractivity contribution in [2.24, 2.45) is 0 Å². The fourth-order valence-corrected chi connectivity index (χ4v) is 0.852. The van der Waals surface area contributed by atoms with Crippen molar-refractivity contribution in [1.82, 2.24) is 0 Å². The highest BCUT2D eigenvalue weighted by atomic mass is 19.1. The lowest BCUT2D eigenvalue weighted by Gasteiger charge is -1.95. The highest BCUT2D eigenvalue weighted by Crippen LogP contribution is 2.10. The van der Waals surface area contributed by atoms with E-state index in [1.807, 2.05) is 0 Å². The van der Waals surface area contributed by atoms with Gasteiger partial charge in [-0.3, -0.25) is 0 Å². The van der Waals surface area contributed by atoms with Crippen LogP contribution in [-0.2, 0) is 0 Å². The molecule has 0 aliphatic rings. The molecule has 0 aromatic heterocycles. The van der Waals surface area contributed by atoms with Crippen molar-refractivity contribution in [2.45, 2.75) is 6.42 Å². The van der Waals surface area contributed by atoms with E-state index in [-0.39, 0.29) is 18.0 Å². The molecule has 0 saturated heterocycles. The van der Waals surface area contributed by atoms with Crippen molar-refractivity contribution in [3.05, 3.63) is 29.6 Å². The Bertz CT molecular complexity index is 352. The lowest BCUT2D eigenvalue weighted by atomic mass is 10.2. The van der Waals surface area contributed by atoms with Gasteiger partial charge < -0.3 is 10.8 Å². The molecule has 0 fully saturated rings. The first kappa shape index (κ1) is 9.56. The molecule has 0 amide bonds. The van der Waals surface area contributed by atoms with E-state index in [0.29, 0.717) is 12.1 Å². The smallest absolute Gasteiger partial charge is 0.138 e. The van der Waals surface area contributed by atoms with Gasteiger partial charge in [0.05, 0.1) is 12.2 Å². The fourth-order valence-electron chi connectivity index (χ4n) is 0.852. The molecule has 3 heteroatoms. The number of hydrogen-bond acceptors (Lipinski definition) is 2. The third-order valence-electron chi connectivity index (χ3n) is 1.45. The molecule has 3 N–H and O–H groups in total. The molecule has 0 atom stereocenters. The van der Waals surface area contributed by atoms with Gasteiger partial charge in [-0.15, -0.1) is 0 Å². The standard InChI is InChI=1S/C10H10FNO/c11-10-5-4-9(12)7-8(10)3-1-2-6-13/h4-5,7,13H,2,6,12H2. The summed E-state index contributed by atoms with van der Waals surface area (Å²) in [6, 6.07) is 4.23. The first-order valence-corrected chi connectivity index (χ1v) is 3.89. The minimum absolute atomic E-state index is 0.0169. The number of rotatable bonds is 1. The molecule has 13 heavy (non-hydrogen) atoms. The van der Waals surface area contributed by atoms with Gasteiger partial charge in [-0.25, -0.2) is 4.39 Å². The Morgan fingerprint density at radius 1 is 1.46 bits per heavy atom. The maximum atomic E-state index is 13.0. The predicted molar refractivity (Wildman–Crippen MR) is 49.4 cm³/mol. The van der Waals surface area contributed by atoms with E-state index < -0.39 is 0 Å². The van der Waals surface area contributed by atoms with Crippen LogP contribution in [0.25, 0.3) is 0 Å². The maximum absolute atomic E-state index is 13.0. The van der Waals surface area contributed by atoms with Crippen LogP contribution in [0.3, 0.4) is 0 Å². The lowest BCUT2D eigenvalue weighted by Crippen LogP contribution is -1.89. The largest absolute Gasteiger partial charge is 0.399 e. The second-order valence-corrected chi connectivity index (χ2v) is 2.51. The van der Waals surface area contributed by atoms with Crippen LogP contribution in [0.5, 0.6) is 0 Å². The summed E-state index contributed by atoms with van der Waals surface area (Å²) < 4.78 is 13.0. The first-order chi connectivity index (χ1) is 6.24. The molecular weight excluding hydrogens is 169 g/mol. The summed E-state index contributed by atoms with van der Waals surface area (Å²) in [6.45, 7) is -0.0169.